The van der Waals surface area contributed by atoms with Crippen molar-refractivity contribution >= 4 is 29.2 Å². The van der Waals surface area contributed by atoms with Crippen LogP contribution in [0, 0.1) is 0 Å². The lowest BCUT2D eigenvalue weighted by Crippen LogP contribution is -2.48. The van der Waals surface area contributed by atoms with Crippen molar-refractivity contribution in [2.75, 3.05) is 11.4 Å². The van der Waals surface area contributed by atoms with Crippen LogP contribution in [0.5, 0.6) is 0 Å². The minimum absolute atomic E-state index is 0.149. The molecule has 2 aromatic rings. The number of hydrogen-bond donors (Lipinski definition) is 0. The molecule has 1 aliphatic heterocycles. The van der Waals surface area contributed by atoms with Gasteiger partial charge < -0.3 is 4.90 Å². The normalized spacial score (nSPS) is 18.9. The molecule has 0 saturated carbocycles. The van der Waals surface area contributed by atoms with E-state index in [-0.39, 0.29) is 11.0 Å². The number of nitrogens with zero attached hydrogens (tertiary/aromatic N) is 2. The Morgan fingerprint density at radius 1 is 1.17 bits per heavy atom. The summed E-state index contributed by atoms with van der Waals surface area (Å²) in [6.07, 6.45) is 4.18. The Bertz CT molecular complexity index is 888. The number of aliphatic imine (C=N–C) groups is 1. The molecule has 3 heteroatoms. The van der Waals surface area contributed by atoms with Gasteiger partial charge in [-0.15, -0.1) is 0 Å². The van der Waals surface area contributed by atoms with Crippen molar-refractivity contribution in [3.05, 3.63) is 58.1 Å². The van der Waals surface area contributed by atoms with Crippen molar-refractivity contribution in [3.8, 4) is 0 Å². The summed E-state index contributed by atoms with van der Waals surface area (Å²) in [5.41, 5.74) is 6.23. The van der Waals surface area contributed by atoms with Gasteiger partial charge in [0.05, 0.1) is 10.7 Å². The molecule has 2 aromatic carbocycles. The smallest absolute Gasteiger partial charge is 0.0630 e. The quantitative estimate of drug-likeness (QED) is 0.467. The molecule has 0 N–H and O–H groups in total. The molecule has 29 heavy (non-hydrogen) atoms. The van der Waals surface area contributed by atoms with E-state index in [0.717, 1.165) is 35.7 Å². The Labute approximate surface area is 182 Å². The molecular formula is C26H35ClN2. The number of hydrogen-bond acceptors (Lipinski definition) is 2. The molecule has 1 aliphatic rings. The lowest BCUT2D eigenvalue weighted by atomic mass is 9.79. The first-order chi connectivity index (χ1) is 13.5. The van der Waals surface area contributed by atoms with Gasteiger partial charge in [0.2, 0.25) is 0 Å². The summed E-state index contributed by atoms with van der Waals surface area (Å²) >= 11 is 6.70. The van der Waals surface area contributed by atoms with Crippen LogP contribution in [-0.2, 0) is 5.41 Å². The molecule has 0 fully saturated rings. The zero-order valence-corrected chi connectivity index (χ0v) is 19.8. The summed E-state index contributed by atoms with van der Waals surface area (Å²) in [5, 5.41) is 0.768. The van der Waals surface area contributed by atoms with Crippen molar-refractivity contribution in [1.82, 2.24) is 0 Å². The van der Waals surface area contributed by atoms with E-state index in [2.05, 4.69) is 89.8 Å². The molecule has 3 rings (SSSR count). The summed E-state index contributed by atoms with van der Waals surface area (Å²) in [6, 6.07) is 12.9. The van der Waals surface area contributed by atoms with Gasteiger partial charge in [-0.3, -0.25) is 4.99 Å². The zero-order chi connectivity index (χ0) is 21.4. The lowest BCUT2D eigenvalue weighted by molar-refractivity contribution is 0.376. The molecule has 1 heterocycles. The van der Waals surface area contributed by atoms with Crippen LogP contribution in [0.4, 0.5) is 11.4 Å². The summed E-state index contributed by atoms with van der Waals surface area (Å²) < 4.78 is 0. The van der Waals surface area contributed by atoms with E-state index in [1.54, 1.807) is 0 Å². The molecule has 1 atom stereocenters. The highest BCUT2D eigenvalue weighted by Gasteiger charge is 2.36. The maximum absolute atomic E-state index is 6.70. The Morgan fingerprint density at radius 2 is 1.83 bits per heavy atom. The van der Waals surface area contributed by atoms with Gasteiger partial charge in [-0.1, -0.05) is 58.4 Å². The number of rotatable bonds is 4. The molecule has 1 unspecified atom stereocenters. The molecule has 156 valence electrons. The predicted molar refractivity (Wildman–Crippen MR) is 129 cm³/mol. The van der Waals surface area contributed by atoms with Crippen LogP contribution < -0.4 is 4.90 Å². The molecule has 0 amide bonds. The van der Waals surface area contributed by atoms with Gasteiger partial charge in [-0.25, -0.2) is 0 Å². The maximum Gasteiger partial charge on any atom is 0.0630 e. The highest BCUT2D eigenvalue weighted by Crippen LogP contribution is 2.45. The average molecular weight is 411 g/mol. The molecule has 2 nitrogen and oxygen atoms in total. The van der Waals surface area contributed by atoms with Crippen LogP contribution in [0.1, 0.15) is 83.9 Å². The average Bonchev–Trinajstić information content (AvgIpc) is 2.63. The highest BCUT2D eigenvalue weighted by molar-refractivity contribution is 6.33. The third-order valence-electron chi connectivity index (χ3n) is 6.04. The second-order valence-corrected chi connectivity index (χ2v) is 10.5. The van der Waals surface area contributed by atoms with Gasteiger partial charge in [0.1, 0.15) is 0 Å². The molecule has 0 saturated heterocycles. The summed E-state index contributed by atoms with van der Waals surface area (Å²) in [5.74, 6) is 0.503. The Balaban J connectivity index is 1.92. The van der Waals surface area contributed by atoms with Gasteiger partial charge in [0.25, 0.3) is 0 Å². The molecule has 0 aliphatic carbocycles. The van der Waals surface area contributed by atoms with E-state index < -0.39 is 0 Å². The number of anilines is 1. The topological polar surface area (TPSA) is 15.6 Å². The van der Waals surface area contributed by atoms with Crippen molar-refractivity contribution in [3.63, 3.8) is 0 Å². The van der Waals surface area contributed by atoms with Crippen LogP contribution in [0.3, 0.4) is 0 Å². The highest BCUT2D eigenvalue weighted by atomic mass is 35.5. The van der Waals surface area contributed by atoms with Crippen molar-refractivity contribution in [1.29, 1.82) is 0 Å². The van der Waals surface area contributed by atoms with E-state index in [0.29, 0.717) is 5.92 Å². The van der Waals surface area contributed by atoms with Gasteiger partial charge >= 0.3 is 0 Å². The third-order valence-corrected chi connectivity index (χ3v) is 6.36. The summed E-state index contributed by atoms with van der Waals surface area (Å²) in [6.45, 7) is 17.0. The summed E-state index contributed by atoms with van der Waals surface area (Å²) in [7, 11) is 0. The van der Waals surface area contributed by atoms with Crippen molar-refractivity contribution < 1.29 is 0 Å². The molecule has 0 radical (unpaired) electrons. The maximum atomic E-state index is 6.70. The van der Waals surface area contributed by atoms with Crippen molar-refractivity contribution in [2.24, 2.45) is 4.99 Å². The second-order valence-electron chi connectivity index (χ2n) is 10.1. The minimum Gasteiger partial charge on any atom is -0.366 e. The first-order valence-electron chi connectivity index (χ1n) is 10.8. The standard InChI is InChI=1S/C26H35ClN2/c1-8-13-29-24-15-23(27)19(14-22(24)18(2)16-26(29,6)7)17-28-21-11-9-20(10-12-21)25(3,4)5/h9-12,14-15,17-18H,8,13,16H2,1-7H3. The van der Waals surface area contributed by atoms with Crippen LogP contribution in [0.15, 0.2) is 41.4 Å². The Morgan fingerprint density at radius 3 is 2.41 bits per heavy atom. The van der Waals surface area contributed by atoms with Gasteiger partial charge in [0, 0.05) is 29.5 Å². The fourth-order valence-corrected chi connectivity index (χ4v) is 4.67. The molecular weight excluding hydrogens is 376 g/mol. The van der Waals surface area contributed by atoms with Crippen LogP contribution >= 0.6 is 11.6 Å². The van der Waals surface area contributed by atoms with E-state index in [1.807, 2.05) is 6.21 Å². The molecule has 0 spiro atoms. The van der Waals surface area contributed by atoms with Gasteiger partial charge in [-0.05, 0) is 73.4 Å². The number of fused-ring (bicyclic) bond motifs is 1. The molecule has 0 aromatic heterocycles. The fraction of sp³-hybridized carbons (Fsp3) is 0.500. The predicted octanol–water partition coefficient (Wildman–Crippen LogP) is 7.89. The lowest BCUT2D eigenvalue weighted by Gasteiger charge is -2.47. The van der Waals surface area contributed by atoms with Crippen molar-refractivity contribution in [2.45, 2.75) is 78.2 Å². The van der Waals surface area contributed by atoms with E-state index in [9.17, 15) is 0 Å². The Hall–Kier alpha value is -1.80. The van der Waals surface area contributed by atoms with E-state index in [4.69, 9.17) is 16.6 Å². The molecule has 0 bridgehead atoms. The van der Waals surface area contributed by atoms with Crippen LogP contribution in [0.2, 0.25) is 5.02 Å². The largest absolute Gasteiger partial charge is 0.366 e. The third kappa shape index (κ3) is 4.69. The van der Waals surface area contributed by atoms with Gasteiger partial charge in [-0.2, -0.15) is 0 Å². The fourth-order valence-electron chi connectivity index (χ4n) is 4.46. The minimum atomic E-state index is 0.149. The number of benzene rings is 2. The Kier molecular flexibility index (Phi) is 6.15. The first kappa shape index (κ1) is 21.9. The zero-order valence-electron chi connectivity index (χ0n) is 19.0. The van der Waals surface area contributed by atoms with Crippen LogP contribution in [0.25, 0.3) is 0 Å². The number of halogens is 1. The van der Waals surface area contributed by atoms with E-state index in [1.165, 1.54) is 16.8 Å². The van der Waals surface area contributed by atoms with Crippen LogP contribution in [-0.4, -0.2) is 18.3 Å². The SMILES string of the molecule is CCCN1c2cc(Cl)c(C=Nc3ccc(C(C)(C)C)cc3)cc2C(C)CC1(C)C. The van der Waals surface area contributed by atoms with E-state index >= 15 is 0 Å². The second kappa shape index (κ2) is 8.14. The summed E-state index contributed by atoms with van der Waals surface area (Å²) in [4.78, 5) is 7.22. The first-order valence-corrected chi connectivity index (χ1v) is 11.2. The monoisotopic (exact) mass is 410 g/mol. The van der Waals surface area contributed by atoms with Gasteiger partial charge in [0.15, 0.2) is 0 Å².